The molecule has 1 heterocycles. The standard InChI is InChI=1S/C52H76F3N7O12/c1-48(2,3)72-45(69)56-29-19-17-25-37(43(66)62-30-27-51(28-31-62,44(67)68)61-47(71)74-50(7,8)9)58-40(63)36(24-16-18-26-52(53,54)55)57-41(64)38(32-34-20-12-10-13-21-34)59-42(65)39(33-35-22-14-11-15-23-35)60-46(70)73-49(4,5)6/h10-15,20-23,36-39H,16-19,24-33H2,1-9H3,(H,56,69)(H,57,64)(H,58,63)(H,59,65)(H,60,70)(H,61,71)(H,67,68)/t36?,37-,38-,39-/m1/s1. The van der Waals surface area contributed by atoms with Crippen molar-refractivity contribution >= 4 is 47.9 Å². The fourth-order valence-corrected chi connectivity index (χ4v) is 7.78. The second-order valence-corrected chi connectivity index (χ2v) is 21.4. The van der Waals surface area contributed by atoms with Crippen molar-refractivity contribution in [3.8, 4) is 0 Å². The van der Waals surface area contributed by atoms with Gasteiger partial charge in [-0.05, 0) is 118 Å². The fraction of sp³-hybridized carbons (Fsp3) is 0.615. The van der Waals surface area contributed by atoms with E-state index in [9.17, 15) is 56.6 Å². The van der Waals surface area contributed by atoms with Crippen molar-refractivity contribution < 1.29 is 70.8 Å². The molecule has 1 aliphatic rings. The molecule has 1 saturated heterocycles. The maximum atomic E-state index is 14.5. The zero-order valence-electron chi connectivity index (χ0n) is 44.0. The molecule has 0 saturated carbocycles. The van der Waals surface area contributed by atoms with Crippen molar-refractivity contribution in [2.45, 2.75) is 186 Å². The summed E-state index contributed by atoms with van der Waals surface area (Å²) in [4.78, 5) is 110. The average molecular weight is 1050 g/mol. The van der Waals surface area contributed by atoms with Gasteiger partial charge in [-0.2, -0.15) is 13.2 Å². The third-order valence-electron chi connectivity index (χ3n) is 11.3. The molecule has 412 valence electrons. The number of rotatable bonds is 23. The summed E-state index contributed by atoms with van der Waals surface area (Å²) in [6.07, 6.45) is -9.29. The second-order valence-electron chi connectivity index (χ2n) is 21.4. The highest BCUT2D eigenvalue weighted by molar-refractivity contribution is 5.95. The lowest BCUT2D eigenvalue weighted by Gasteiger charge is -2.40. The van der Waals surface area contributed by atoms with E-state index in [0.29, 0.717) is 17.5 Å². The lowest BCUT2D eigenvalue weighted by Crippen LogP contribution is -2.63. The highest BCUT2D eigenvalue weighted by Crippen LogP contribution is 2.26. The molecule has 22 heteroatoms. The number of nitrogens with zero attached hydrogens (tertiary/aromatic N) is 1. The number of hydrogen-bond acceptors (Lipinski definition) is 11. The Labute approximate surface area is 431 Å². The van der Waals surface area contributed by atoms with Crippen LogP contribution in [0.3, 0.4) is 0 Å². The summed E-state index contributed by atoms with van der Waals surface area (Å²) in [6.45, 7) is 14.6. The van der Waals surface area contributed by atoms with Gasteiger partial charge in [-0.25, -0.2) is 19.2 Å². The quantitative estimate of drug-likeness (QED) is 0.0459. The first-order valence-corrected chi connectivity index (χ1v) is 24.9. The van der Waals surface area contributed by atoms with E-state index in [2.05, 4.69) is 31.9 Å². The number of aliphatic carboxylic acids is 1. The number of likely N-dealkylation sites (tertiary alicyclic amines) is 1. The number of unbranched alkanes of at least 4 members (excludes halogenated alkanes) is 2. The molecular weight excluding hydrogens is 972 g/mol. The molecule has 7 amide bonds. The number of nitrogens with one attached hydrogen (secondary N) is 6. The highest BCUT2D eigenvalue weighted by Gasteiger charge is 2.46. The number of carboxylic acid groups (broad SMARTS) is 1. The molecule has 74 heavy (non-hydrogen) atoms. The predicted octanol–water partition coefficient (Wildman–Crippen LogP) is 6.61. The summed E-state index contributed by atoms with van der Waals surface area (Å²) < 4.78 is 56.0. The van der Waals surface area contributed by atoms with Gasteiger partial charge < -0.3 is 56.1 Å². The smallest absolute Gasteiger partial charge is 0.408 e. The Morgan fingerprint density at radius 2 is 0.986 bits per heavy atom. The lowest BCUT2D eigenvalue weighted by atomic mass is 9.87. The number of amides is 7. The Morgan fingerprint density at radius 1 is 0.568 bits per heavy atom. The lowest BCUT2D eigenvalue weighted by molar-refractivity contribution is -0.150. The van der Waals surface area contributed by atoms with Crippen LogP contribution in [0.25, 0.3) is 0 Å². The molecule has 19 nitrogen and oxygen atoms in total. The van der Waals surface area contributed by atoms with Crippen LogP contribution in [0.2, 0.25) is 0 Å². The van der Waals surface area contributed by atoms with Gasteiger partial charge in [0.25, 0.3) is 0 Å². The third kappa shape index (κ3) is 23.5. The van der Waals surface area contributed by atoms with E-state index in [4.69, 9.17) is 14.2 Å². The van der Waals surface area contributed by atoms with Gasteiger partial charge in [0.1, 0.15) is 46.5 Å². The number of carboxylic acids is 1. The summed E-state index contributed by atoms with van der Waals surface area (Å²) in [7, 11) is 0. The summed E-state index contributed by atoms with van der Waals surface area (Å²) in [6, 6.07) is 11.7. The van der Waals surface area contributed by atoms with E-state index in [0.717, 1.165) is 0 Å². The van der Waals surface area contributed by atoms with Gasteiger partial charge in [0, 0.05) is 38.9 Å². The number of halogens is 3. The van der Waals surface area contributed by atoms with Gasteiger partial charge in [-0.1, -0.05) is 67.1 Å². The number of alkyl halides is 3. The minimum absolute atomic E-state index is 0.0170. The minimum Gasteiger partial charge on any atom is -0.480 e. The van der Waals surface area contributed by atoms with Crippen LogP contribution in [0.4, 0.5) is 27.6 Å². The topological polar surface area (TPSA) is 260 Å². The fourth-order valence-electron chi connectivity index (χ4n) is 7.78. The highest BCUT2D eigenvalue weighted by atomic mass is 19.4. The van der Waals surface area contributed by atoms with Crippen LogP contribution in [0, 0.1) is 0 Å². The molecule has 0 bridgehead atoms. The number of alkyl carbamates (subject to hydrolysis) is 3. The molecule has 0 spiro atoms. The molecule has 0 aromatic heterocycles. The number of hydrogen-bond donors (Lipinski definition) is 7. The van der Waals surface area contributed by atoms with E-state index in [-0.39, 0.29) is 71.0 Å². The van der Waals surface area contributed by atoms with Gasteiger partial charge in [0.15, 0.2) is 0 Å². The van der Waals surface area contributed by atoms with Gasteiger partial charge >= 0.3 is 30.4 Å². The second kappa shape index (κ2) is 27.6. The van der Waals surface area contributed by atoms with Crippen LogP contribution >= 0.6 is 0 Å². The first-order valence-electron chi connectivity index (χ1n) is 24.9. The van der Waals surface area contributed by atoms with E-state index in [1.807, 2.05) is 0 Å². The first-order chi connectivity index (χ1) is 34.3. The molecule has 2 aromatic carbocycles. The molecule has 7 N–H and O–H groups in total. The number of ether oxygens (including phenoxy) is 3. The summed E-state index contributed by atoms with van der Waals surface area (Å²) in [5.41, 5.74) is -3.18. The van der Waals surface area contributed by atoms with Crippen LogP contribution in [-0.4, -0.2) is 130 Å². The maximum Gasteiger partial charge on any atom is 0.408 e. The molecule has 1 aliphatic heterocycles. The summed E-state index contributed by atoms with van der Waals surface area (Å²) in [5, 5.41) is 25.9. The SMILES string of the molecule is CC(C)(C)OC(=O)NCCCC[C@@H](NC(=O)C(CCCCC(F)(F)F)NC(=O)[C@@H](Cc1ccccc1)NC(=O)[C@@H](Cc1ccccc1)NC(=O)OC(C)(C)C)C(=O)N1CCC(NC(=O)OC(C)(C)C)(C(=O)O)CC1. The molecule has 0 aliphatic carbocycles. The Bertz CT molecular complexity index is 2190. The van der Waals surface area contributed by atoms with Crippen LogP contribution < -0.4 is 31.9 Å². The molecular formula is C52H76F3N7O12. The number of piperidine rings is 1. The molecule has 2 aromatic rings. The van der Waals surface area contributed by atoms with Crippen molar-refractivity contribution in [2.75, 3.05) is 19.6 Å². The maximum absolute atomic E-state index is 14.5. The van der Waals surface area contributed by atoms with Crippen molar-refractivity contribution in [3.05, 3.63) is 71.8 Å². The number of benzene rings is 2. The minimum atomic E-state index is -4.51. The summed E-state index contributed by atoms with van der Waals surface area (Å²) >= 11 is 0. The van der Waals surface area contributed by atoms with E-state index in [1.54, 1.807) is 123 Å². The number of carbonyl (C=O) groups excluding carboxylic acids is 7. The van der Waals surface area contributed by atoms with Crippen LogP contribution in [0.1, 0.15) is 131 Å². The van der Waals surface area contributed by atoms with Gasteiger partial charge in [0.05, 0.1) is 0 Å². The first kappa shape index (κ1) is 61.7. The number of carbonyl (C=O) groups is 8. The average Bonchev–Trinajstić information content (AvgIpc) is 3.27. The van der Waals surface area contributed by atoms with Crippen molar-refractivity contribution in [1.82, 2.24) is 36.8 Å². The molecule has 1 fully saturated rings. The zero-order valence-corrected chi connectivity index (χ0v) is 44.0. The molecule has 1 unspecified atom stereocenters. The van der Waals surface area contributed by atoms with Crippen LogP contribution in [0.15, 0.2) is 60.7 Å². The van der Waals surface area contributed by atoms with Crippen LogP contribution in [-0.2, 0) is 51.0 Å². The summed E-state index contributed by atoms with van der Waals surface area (Å²) in [5.74, 6) is -4.62. The van der Waals surface area contributed by atoms with Crippen LogP contribution in [0.5, 0.6) is 0 Å². The third-order valence-corrected chi connectivity index (χ3v) is 11.3. The Morgan fingerprint density at radius 3 is 1.47 bits per heavy atom. The van der Waals surface area contributed by atoms with Gasteiger partial charge in [-0.3, -0.25) is 19.2 Å². The van der Waals surface area contributed by atoms with Gasteiger partial charge in [-0.15, -0.1) is 0 Å². The zero-order chi connectivity index (χ0) is 55.5. The van der Waals surface area contributed by atoms with Crippen molar-refractivity contribution in [2.24, 2.45) is 0 Å². The van der Waals surface area contributed by atoms with E-state index in [1.165, 1.54) is 4.90 Å². The van der Waals surface area contributed by atoms with Gasteiger partial charge in [0.2, 0.25) is 23.6 Å². The Hall–Kier alpha value is -6.61. The Kier molecular flexibility index (Phi) is 23.0. The molecule has 0 radical (unpaired) electrons. The normalized spacial score (nSPS) is 15.4. The monoisotopic (exact) mass is 1050 g/mol. The van der Waals surface area contributed by atoms with Crippen molar-refractivity contribution in [3.63, 3.8) is 0 Å². The largest absolute Gasteiger partial charge is 0.480 e. The molecule has 4 atom stereocenters. The van der Waals surface area contributed by atoms with E-state index >= 15 is 0 Å². The Balaban J connectivity index is 1.96. The van der Waals surface area contributed by atoms with E-state index < -0.39 is 113 Å². The molecule has 3 rings (SSSR count). The van der Waals surface area contributed by atoms with Crippen molar-refractivity contribution in [1.29, 1.82) is 0 Å². The predicted molar refractivity (Wildman–Crippen MR) is 267 cm³/mol.